The summed E-state index contributed by atoms with van der Waals surface area (Å²) >= 11 is 0. The smallest absolute Gasteiger partial charge is 0.267 e. The Labute approximate surface area is 201 Å². The Bertz CT molecular complexity index is 984. The van der Waals surface area contributed by atoms with Gasteiger partial charge in [0.1, 0.15) is 30.5 Å². The van der Waals surface area contributed by atoms with Gasteiger partial charge in [0.05, 0.1) is 6.54 Å². The van der Waals surface area contributed by atoms with Crippen molar-refractivity contribution in [2.75, 3.05) is 44.0 Å². The Morgan fingerprint density at radius 2 is 1.82 bits per heavy atom. The van der Waals surface area contributed by atoms with E-state index in [1.165, 1.54) is 63.5 Å². The van der Waals surface area contributed by atoms with Crippen LogP contribution in [0.15, 0.2) is 30.6 Å². The fourth-order valence-electron chi connectivity index (χ4n) is 5.78. The average molecular weight is 466 g/mol. The summed E-state index contributed by atoms with van der Waals surface area (Å²) in [5, 5.41) is 0. The zero-order valence-corrected chi connectivity index (χ0v) is 20.0. The van der Waals surface area contributed by atoms with E-state index in [4.69, 9.17) is 15.2 Å². The molecule has 1 aromatic carbocycles. The van der Waals surface area contributed by atoms with Crippen LogP contribution in [0.3, 0.4) is 0 Å². The SMILES string of the molecule is COC(CC1CCC(c2ccc(N3CCOc4ncnc(N)c4C3=O)cc2)CC1)N1CCCC1. The fraction of sp³-hybridized carbons (Fsp3) is 0.577. The second-order valence-electron chi connectivity index (χ2n) is 9.72. The number of carbonyl (C=O) groups excluding carboxylic acids is 1. The fourth-order valence-corrected chi connectivity index (χ4v) is 5.78. The maximum absolute atomic E-state index is 13.2. The predicted molar refractivity (Wildman–Crippen MR) is 131 cm³/mol. The summed E-state index contributed by atoms with van der Waals surface area (Å²) in [5.41, 5.74) is 8.40. The van der Waals surface area contributed by atoms with Crippen molar-refractivity contribution in [1.82, 2.24) is 14.9 Å². The number of amides is 1. The molecule has 3 aliphatic rings. The van der Waals surface area contributed by atoms with Crippen LogP contribution in [0.5, 0.6) is 5.88 Å². The third-order valence-electron chi connectivity index (χ3n) is 7.73. The predicted octanol–water partition coefficient (Wildman–Crippen LogP) is 3.83. The molecule has 5 rings (SSSR count). The van der Waals surface area contributed by atoms with Gasteiger partial charge >= 0.3 is 0 Å². The van der Waals surface area contributed by atoms with Gasteiger partial charge < -0.3 is 20.1 Å². The highest BCUT2D eigenvalue weighted by Gasteiger charge is 2.30. The first kappa shape index (κ1) is 23.1. The Kier molecular flexibility index (Phi) is 6.97. The minimum absolute atomic E-state index is 0.149. The van der Waals surface area contributed by atoms with E-state index < -0.39 is 0 Å². The number of methoxy groups -OCH3 is 1. The Hall–Kier alpha value is -2.71. The molecule has 1 amide bonds. The van der Waals surface area contributed by atoms with E-state index in [0.29, 0.717) is 19.1 Å². The molecule has 1 unspecified atom stereocenters. The number of nitrogens with zero attached hydrogens (tertiary/aromatic N) is 4. The van der Waals surface area contributed by atoms with Gasteiger partial charge in [-0.15, -0.1) is 0 Å². The molecule has 8 heteroatoms. The molecule has 0 bridgehead atoms. The number of likely N-dealkylation sites (tertiary alicyclic amines) is 1. The summed E-state index contributed by atoms with van der Waals surface area (Å²) in [6, 6.07) is 8.43. The van der Waals surface area contributed by atoms with E-state index in [0.717, 1.165) is 18.0 Å². The number of nitrogens with two attached hydrogens (primary N) is 1. The van der Waals surface area contributed by atoms with Gasteiger partial charge in [-0.05, 0) is 74.5 Å². The molecule has 1 saturated heterocycles. The van der Waals surface area contributed by atoms with Gasteiger partial charge in [-0.2, -0.15) is 0 Å². The third kappa shape index (κ3) is 4.74. The third-order valence-corrected chi connectivity index (χ3v) is 7.73. The van der Waals surface area contributed by atoms with Crippen molar-refractivity contribution in [2.45, 2.75) is 57.1 Å². The lowest BCUT2D eigenvalue weighted by molar-refractivity contribution is -0.0383. The van der Waals surface area contributed by atoms with Crippen molar-refractivity contribution in [3.8, 4) is 5.88 Å². The number of carbonyl (C=O) groups is 1. The second kappa shape index (κ2) is 10.3. The van der Waals surface area contributed by atoms with Gasteiger partial charge in [0.15, 0.2) is 0 Å². The summed E-state index contributed by atoms with van der Waals surface area (Å²) in [7, 11) is 1.86. The number of benzene rings is 1. The Morgan fingerprint density at radius 3 is 2.53 bits per heavy atom. The van der Waals surface area contributed by atoms with E-state index in [1.54, 1.807) is 4.90 Å². The quantitative estimate of drug-likeness (QED) is 0.693. The van der Waals surface area contributed by atoms with Crippen LogP contribution in [0, 0.1) is 5.92 Å². The molecule has 2 fully saturated rings. The maximum Gasteiger partial charge on any atom is 0.267 e. The maximum atomic E-state index is 13.2. The number of nitrogen functional groups attached to an aromatic ring is 1. The molecule has 3 heterocycles. The van der Waals surface area contributed by atoms with Crippen LogP contribution < -0.4 is 15.4 Å². The summed E-state index contributed by atoms with van der Waals surface area (Å²) in [4.78, 5) is 25.4. The van der Waals surface area contributed by atoms with Crippen LogP contribution >= 0.6 is 0 Å². The molecule has 8 nitrogen and oxygen atoms in total. The lowest BCUT2D eigenvalue weighted by atomic mass is 9.77. The van der Waals surface area contributed by atoms with Gasteiger partial charge in [0.2, 0.25) is 5.88 Å². The highest BCUT2D eigenvalue weighted by molar-refractivity contribution is 6.10. The molecule has 1 aromatic heterocycles. The first-order valence-corrected chi connectivity index (χ1v) is 12.6. The molecule has 1 atom stereocenters. The molecule has 0 radical (unpaired) electrons. The van der Waals surface area contributed by atoms with Crippen molar-refractivity contribution >= 4 is 17.4 Å². The van der Waals surface area contributed by atoms with E-state index in [1.807, 2.05) is 19.2 Å². The van der Waals surface area contributed by atoms with Gasteiger partial charge in [0.25, 0.3) is 5.91 Å². The number of rotatable bonds is 6. The topological polar surface area (TPSA) is 93.8 Å². The van der Waals surface area contributed by atoms with Crippen molar-refractivity contribution in [3.63, 3.8) is 0 Å². The average Bonchev–Trinajstić information content (AvgIpc) is 3.34. The molecule has 34 heavy (non-hydrogen) atoms. The standard InChI is InChI=1S/C26H35N5O3/c1-33-22(30-12-2-3-13-30)16-18-4-6-19(7-5-18)20-8-10-21(11-9-20)31-14-15-34-25-23(26(31)32)24(27)28-17-29-25/h8-11,17-19,22H,2-7,12-16H2,1H3,(H2,27,28,29). The van der Waals surface area contributed by atoms with Crippen molar-refractivity contribution in [1.29, 1.82) is 0 Å². The lowest BCUT2D eigenvalue weighted by Crippen LogP contribution is -2.36. The van der Waals surface area contributed by atoms with Crippen LogP contribution in [0.1, 0.15) is 66.8 Å². The van der Waals surface area contributed by atoms with Crippen molar-refractivity contribution in [2.24, 2.45) is 5.92 Å². The second-order valence-corrected chi connectivity index (χ2v) is 9.72. The number of hydrogen-bond acceptors (Lipinski definition) is 7. The zero-order valence-electron chi connectivity index (χ0n) is 20.0. The highest BCUT2D eigenvalue weighted by atomic mass is 16.5. The molecule has 182 valence electrons. The lowest BCUT2D eigenvalue weighted by Gasteiger charge is -2.34. The summed E-state index contributed by atoms with van der Waals surface area (Å²) < 4.78 is 11.5. The van der Waals surface area contributed by atoms with E-state index >= 15 is 0 Å². The summed E-state index contributed by atoms with van der Waals surface area (Å²) in [6.07, 6.45) is 10.3. The van der Waals surface area contributed by atoms with Gasteiger partial charge in [-0.3, -0.25) is 9.69 Å². The van der Waals surface area contributed by atoms with Gasteiger partial charge in [-0.25, -0.2) is 9.97 Å². The zero-order chi connectivity index (χ0) is 23.5. The van der Waals surface area contributed by atoms with Crippen molar-refractivity contribution < 1.29 is 14.3 Å². The summed E-state index contributed by atoms with van der Waals surface area (Å²) in [6.45, 7) is 3.16. The van der Waals surface area contributed by atoms with E-state index in [-0.39, 0.29) is 29.4 Å². The number of hydrogen-bond donors (Lipinski definition) is 1. The van der Waals surface area contributed by atoms with E-state index in [2.05, 4.69) is 27.0 Å². The number of fused-ring (bicyclic) bond motifs is 1. The molecule has 2 N–H and O–H groups in total. The van der Waals surface area contributed by atoms with E-state index in [9.17, 15) is 4.79 Å². The first-order valence-electron chi connectivity index (χ1n) is 12.6. The van der Waals surface area contributed by atoms with Crippen molar-refractivity contribution in [3.05, 3.63) is 41.7 Å². The Balaban J connectivity index is 1.20. The number of aromatic nitrogens is 2. The van der Waals surface area contributed by atoms with Crippen LogP contribution in [0.25, 0.3) is 0 Å². The van der Waals surface area contributed by atoms with Gasteiger partial charge in [-0.1, -0.05) is 12.1 Å². The van der Waals surface area contributed by atoms with Crippen LogP contribution in [0.4, 0.5) is 11.5 Å². The summed E-state index contributed by atoms with van der Waals surface area (Å²) in [5.74, 6) is 1.50. The number of anilines is 2. The molecule has 2 aliphatic heterocycles. The van der Waals surface area contributed by atoms with Gasteiger partial charge in [0, 0.05) is 25.9 Å². The highest BCUT2D eigenvalue weighted by Crippen LogP contribution is 2.39. The molecule has 0 spiro atoms. The molecule has 1 aliphatic carbocycles. The monoisotopic (exact) mass is 465 g/mol. The number of ether oxygens (including phenoxy) is 2. The molecular weight excluding hydrogens is 430 g/mol. The van der Waals surface area contributed by atoms with Crippen LogP contribution in [-0.4, -0.2) is 60.4 Å². The first-order chi connectivity index (χ1) is 16.6. The minimum Gasteiger partial charge on any atom is -0.475 e. The molecule has 2 aromatic rings. The normalized spacial score (nSPS) is 24.4. The molecular formula is C26H35N5O3. The molecule has 1 saturated carbocycles. The van der Waals surface area contributed by atoms with Crippen LogP contribution in [-0.2, 0) is 4.74 Å². The Morgan fingerprint density at radius 1 is 1.09 bits per heavy atom. The van der Waals surface area contributed by atoms with Crippen LogP contribution in [0.2, 0.25) is 0 Å². The largest absolute Gasteiger partial charge is 0.475 e. The minimum atomic E-state index is -0.218.